The lowest BCUT2D eigenvalue weighted by Crippen LogP contribution is -2.12. The smallest absolute Gasteiger partial charge is 0.123 e. The summed E-state index contributed by atoms with van der Waals surface area (Å²) in [7, 11) is 0.396. The Hall–Kier alpha value is -2.44. The second-order valence-corrected chi connectivity index (χ2v) is 7.07. The molecule has 0 heterocycles. The van der Waals surface area contributed by atoms with Crippen LogP contribution in [0.3, 0.4) is 0 Å². The van der Waals surface area contributed by atoms with E-state index in [0.29, 0.717) is 14.3 Å². The van der Waals surface area contributed by atoms with Crippen molar-refractivity contribution in [3.05, 3.63) is 83.4 Å². The third kappa shape index (κ3) is 3.90. The molecule has 0 radical (unpaired) electrons. The quantitative estimate of drug-likeness (QED) is 0.557. The second-order valence-electron chi connectivity index (χ2n) is 5.78. The van der Waals surface area contributed by atoms with E-state index >= 15 is 0 Å². The molecule has 3 heteroatoms. The highest BCUT2D eigenvalue weighted by Gasteiger charge is 2.09. The van der Waals surface area contributed by atoms with Crippen molar-refractivity contribution >= 4 is 31.1 Å². The summed E-state index contributed by atoms with van der Waals surface area (Å²) in [5.74, 6) is 0.355. The number of phenolic OH excluding ortho intramolecular Hbond substituents is 1. The van der Waals surface area contributed by atoms with E-state index in [1.807, 2.05) is 55.6 Å². The van der Waals surface area contributed by atoms with Gasteiger partial charge in [-0.1, -0.05) is 56.6 Å². The van der Waals surface area contributed by atoms with Gasteiger partial charge >= 0.3 is 0 Å². The predicted octanol–water partition coefficient (Wildman–Crippen LogP) is 4.39. The Morgan fingerprint density at radius 1 is 0.917 bits per heavy atom. The summed E-state index contributed by atoms with van der Waals surface area (Å²) >= 11 is 0. The van der Waals surface area contributed by atoms with Crippen LogP contribution in [-0.2, 0) is 0 Å². The molecule has 0 aliphatic rings. The van der Waals surface area contributed by atoms with E-state index in [4.69, 9.17) is 0 Å². The van der Waals surface area contributed by atoms with Crippen LogP contribution in [0.4, 0.5) is 5.69 Å². The molecule has 3 rings (SSSR count). The monoisotopic (exact) mass is 333 g/mol. The predicted molar refractivity (Wildman–Crippen MR) is 105 cm³/mol. The summed E-state index contributed by atoms with van der Waals surface area (Å²) in [6, 6.07) is 21.9. The highest BCUT2D eigenvalue weighted by atomic mass is 31.1. The maximum Gasteiger partial charge on any atom is 0.123 e. The first-order chi connectivity index (χ1) is 11.6. The van der Waals surface area contributed by atoms with Gasteiger partial charge in [0.1, 0.15) is 5.75 Å². The second kappa shape index (κ2) is 7.42. The standard InChI is InChI=1S/C21H20NOP/c1-15-11-12-19(23)20(13-15)24-21-16(2)7-6-8-17(21)14-22-18-9-4-3-5-10-18/h3-14,23-24H,1-2H3. The van der Waals surface area contributed by atoms with Gasteiger partial charge in [0, 0.05) is 17.1 Å². The van der Waals surface area contributed by atoms with Crippen LogP contribution in [0.2, 0.25) is 0 Å². The molecule has 1 unspecified atom stereocenters. The molecule has 24 heavy (non-hydrogen) atoms. The normalized spacial score (nSPS) is 11.6. The molecule has 0 amide bonds. The summed E-state index contributed by atoms with van der Waals surface area (Å²) in [6.45, 7) is 4.15. The van der Waals surface area contributed by atoms with Crippen LogP contribution >= 0.6 is 8.58 Å². The minimum atomic E-state index is 0.355. The van der Waals surface area contributed by atoms with Crippen LogP contribution in [0.25, 0.3) is 0 Å². The zero-order chi connectivity index (χ0) is 16.9. The van der Waals surface area contributed by atoms with Gasteiger partial charge in [-0.2, -0.15) is 0 Å². The molecular formula is C21H20NOP. The highest BCUT2D eigenvalue weighted by molar-refractivity contribution is 7.56. The Labute approximate surface area is 144 Å². The van der Waals surface area contributed by atoms with Gasteiger partial charge in [-0.15, -0.1) is 0 Å². The Kier molecular flexibility index (Phi) is 5.08. The molecule has 0 fully saturated rings. The summed E-state index contributed by atoms with van der Waals surface area (Å²) in [4.78, 5) is 4.58. The maximum absolute atomic E-state index is 10.2. The molecule has 0 aliphatic heterocycles. The average molecular weight is 333 g/mol. The molecule has 0 saturated carbocycles. The van der Waals surface area contributed by atoms with E-state index < -0.39 is 0 Å². The summed E-state index contributed by atoms with van der Waals surface area (Å²) in [5.41, 5.74) is 4.40. The molecule has 1 atom stereocenters. The topological polar surface area (TPSA) is 32.6 Å². The first kappa shape index (κ1) is 16.4. The fourth-order valence-electron chi connectivity index (χ4n) is 2.51. The van der Waals surface area contributed by atoms with Crippen LogP contribution in [-0.4, -0.2) is 11.3 Å². The van der Waals surface area contributed by atoms with Crippen molar-refractivity contribution in [2.24, 2.45) is 4.99 Å². The number of hydrogen-bond donors (Lipinski definition) is 1. The van der Waals surface area contributed by atoms with Gasteiger partial charge in [0.2, 0.25) is 0 Å². The lowest BCUT2D eigenvalue weighted by Gasteiger charge is -2.12. The van der Waals surface area contributed by atoms with Crippen molar-refractivity contribution in [1.82, 2.24) is 0 Å². The van der Waals surface area contributed by atoms with Crippen LogP contribution in [0.5, 0.6) is 5.75 Å². The Morgan fingerprint density at radius 3 is 2.50 bits per heavy atom. The fraction of sp³-hybridized carbons (Fsp3) is 0.0952. The largest absolute Gasteiger partial charge is 0.507 e. The number of aliphatic imine (C=N–C) groups is 1. The van der Waals surface area contributed by atoms with Gasteiger partial charge in [-0.25, -0.2) is 0 Å². The first-order valence-corrected chi connectivity index (χ1v) is 8.89. The van der Waals surface area contributed by atoms with E-state index in [2.05, 4.69) is 30.1 Å². The number of aromatic hydroxyl groups is 1. The SMILES string of the molecule is Cc1ccc(O)c(Pc2c(C)cccc2C=Nc2ccccc2)c1. The molecule has 1 N–H and O–H groups in total. The lowest BCUT2D eigenvalue weighted by molar-refractivity contribution is 0.479. The van der Waals surface area contributed by atoms with Crippen molar-refractivity contribution in [1.29, 1.82) is 0 Å². The van der Waals surface area contributed by atoms with Gasteiger partial charge in [-0.05, 0) is 49.0 Å². The van der Waals surface area contributed by atoms with Gasteiger partial charge in [0.15, 0.2) is 0 Å². The zero-order valence-electron chi connectivity index (χ0n) is 13.8. The molecule has 0 spiro atoms. The molecule has 0 aliphatic carbocycles. The van der Waals surface area contributed by atoms with Crippen molar-refractivity contribution in [3.8, 4) is 5.75 Å². The molecule has 3 aromatic carbocycles. The Balaban J connectivity index is 1.96. The summed E-state index contributed by atoms with van der Waals surface area (Å²) in [6.07, 6.45) is 1.91. The molecule has 0 bridgehead atoms. The van der Waals surface area contributed by atoms with Gasteiger partial charge in [0.25, 0.3) is 0 Å². The van der Waals surface area contributed by atoms with Gasteiger partial charge in [-0.3, -0.25) is 4.99 Å². The maximum atomic E-state index is 10.2. The van der Waals surface area contributed by atoms with Crippen molar-refractivity contribution < 1.29 is 5.11 Å². The van der Waals surface area contributed by atoms with E-state index in [0.717, 1.165) is 22.1 Å². The Bertz CT molecular complexity index is 872. The van der Waals surface area contributed by atoms with Crippen molar-refractivity contribution in [3.63, 3.8) is 0 Å². The van der Waals surface area contributed by atoms with Crippen LogP contribution in [0, 0.1) is 13.8 Å². The molecule has 3 aromatic rings. The van der Waals surface area contributed by atoms with E-state index in [-0.39, 0.29) is 0 Å². The third-order valence-electron chi connectivity index (χ3n) is 3.83. The number of nitrogens with zero attached hydrogens (tertiary/aromatic N) is 1. The van der Waals surface area contributed by atoms with Gasteiger partial charge < -0.3 is 5.11 Å². The number of hydrogen-bond acceptors (Lipinski definition) is 2. The van der Waals surface area contributed by atoms with Crippen molar-refractivity contribution in [2.75, 3.05) is 0 Å². The number of rotatable bonds is 4. The Morgan fingerprint density at radius 2 is 1.71 bits per heavy atom. The van der Waals surface area contributed by atoms with E-state index in [1.54, 1.807) is 6.07 Å². The van der Waals surface area contributed by atoms with Crippen LogP contribution in [0.15, 0.2) is 71.7 Å². The van der Waals surface area contributed by atoms with E-state index in [1.165, 1.54) is 10.9 Å². The number of benzene rings is 3. The van der Waals surface area contributed by atoms with Crippen LogP contribution < -0.4 is 10.6 Å². The lowest BCUT2D eigenvalue weighted by atomic mass is 10.1. The third-order valence-corrected chi connectivity index (χ3v) is 5.43. The number of para-hydroxylation sites is 1. The summed E-state index contributed by atoms with van der Waals surface area (Å²) in [5, 5.41) is 12.4. The fourth-order valence-corrected chi connectivity index (χ4v) is 3.86. The van der Waals surface area contributed by atoms with E-state index in [9.17, 15) is 5.11 Å². The van der Waals surface area contributed by atoms with Gasteiger partial charge in [0.05, 0.1) is 5.69 Å². The highest BCUT2D eigenvalue weighted by Crippen LogP contribution is 2.22. The molecular weight excluding hydrogens is 313 g/mol. The minimum Gasteiger partial charge on any atom is -0.507 e. The summed E-state index contributed by atoms with van der Waals surface area (Å²) < 4.78 is 0. The van der Waals surface area contributed by atoms with Crippen molar-refractivity contribution in [2.45, 2.75) is 13.8 Å². The number of aryl methyl sites for hydroxylation is 2. The minimum absolute atomic E-state index is 0.355. The molecule has 0 saturated heterocycles. The zero-order valence-corrected chi connectivity index (χ0v) is 14.8. The molecule has 2 nitrogen and oxygen atoms in total. The average Bonchev–Trinajstić information content (AvgIpc) is 2.59. The van der Waals surface area contributed by atoms with Crippen LogP contribution in [0.1, 0.15) is 16.7 Å². The number of phenols is 1. The molecule has 120 valence electrons. The molecule has 0 aromatic heterocycles. The first-order valence-electron chi connectivity index (χ1n) is 7.89.